The van der Waals surface area contributed by atoms with Gasteiger partial charge in [0, 0.05) is 57.3 Å². The molecule has 0 aromatic carbocycles. The van der Waals surface area contributed by atoms with Crippen molar-refractivity contribution < 1.29 is 53.1 Å². The Hall–Kier alpha value is -3.29. The summed E-state index contributed by atoms with van der Waals surface area (Å²) in [7, 11) is 3.33. The minimum absolute atomic E-state index is 0.0513. The molecule has 2 N–H and O–H groups in total. The lowest BCUT2D eigenvalue weighted by Gasteiger charge is -2.42. The lowest BCUT2D eigenvalue weighted by molar-refractivity contribution is -0.265. The molecule has 15 atom stereocenters. The number of carbonyl (C=O) groups is 5. The van der Waals surface area contributed by atoms with Crippen LogP contribution in [-0.2, 0) is 42.9 Å². The van der Waals surface area contributed by atoms with Gasteiger partial charge in [-0.25, -0.2) is 4.79 Å². The summed E-state index contributed by atoms with van der Waals surface area (Å²) in [5, 5.41) is 23.3. The van der Waals surface area contributed by atoms with E-state index in [0.29, 0.717) is 62.4 Å². The Labute approximate surface area is 383 Å². The molecule has 4 aliphatic rings. The van der Waals surface area contributed by atoms with Crippen LogP contribution in [0.3, 0.4) is 0 Å². The van der Waals surface area contributed by atoms with E-state index in [0.717, 1.165) is 24.8 Å². The van der Waals surface area contributed by atoms with Gasteiger partial charge in [0.1, 0.15) is 23.7 Å². The van der Waals surface area contributed by atoms with Crippen molar-refractivity contribution in [3.63, 3.8) is 0 Å². The fraction of sp³-hybridized carbons (Fsp3) is 0.750. The number of carbonyl (C=O) groups excluding carboxylic acids is 5. The van der Waals surface area contributed by atoms with Gasteiger partial charge in [0.15, 0.2) is 0 Å². The number of Topliss-reactive ketones (excluding diaryl/α,β-unsaturated/α-hetero) is 3. The van der Waals surface area contributed by atoms with E-state index in [1.54, 1.807) is 48.0 Å². The van der Waals surface area contributed by atoms with Gasteiger partial charge in [0.2, 0.25) is 5.79 Å². The zero-order valence-corrected chi connectivity index (χ0v) is 40.8. The second kappa shape index (κ2) is 24.5. The minimum atomic E-state index is -2.40. The predicted molar refractivity (Wildman–Crippen MR) is 247 cm³/mol. The van der Waals surface area contributed by atoms with Gasteiger partial charge in [-0.2, -0.15) is 0 Å². The number of hydrogen-bond acceptors (Lipinski definition) is 11. The summed E-state index contributed by atoms with van der Waals surface area (Å²) in [6, 6.07) is -1.09. The predicted octanol–water partition coefficient (Wildman–Crippen LogP) is 8.08. The van der Waals surface area contributed by atoms with E-state index >= 15 is 0 Å². The largest absolute Gasteiger partial charge is 0.460 e. The highest BCUT2D eigenvalue weighted by Crippen LogP contribution is 2.38. The number of aliphatic hydroxyl groups excluding tert-OH is 1. The molecule has 3 heterocycles. The SMILES string of the molecule is CO[C@H]1C[C@@H]2CC[C@@H](C)[C@@](O)(O2)C(=O)C(=O)N2CCCCC2C(=O)O[C@H]([C@H](C)C[C@@H]2CC[C@@H](OC)[C@H](C)C2)CC(=O)[C@H](C)/C=C(\C)[C@@H](O)[C@@H](C)C(=O)[C@H](C)C[C@H](C)/C=C/C=CC=C1C. The molecular formula is C52H81NO11. The van der Waals surface area contributed by atoms with Crippen LogP contribution in [0.1, 0.15) is 139 Å². The fourth-order valence-electron chi connectivity index (χ4n) is 10.6. The number of ether oxygens (including phenoxy) is 4. The Morgan fingerprint density at radius 1 is 0.859 bits per heavy atom. The first-order valence-corrected chi connectivity index (χ1v) is 24.2. The number of piperidine rings is 1. The number of cyclic esters (lactones) is 1. The molecule has 0 aromatic heterocycles. The van der Waals surface area contributed by atoms with Crippen LogP contribution >= 0.6 is 0 Å². The monoisotopic (exact) mass is 896 g/mol. The number of allylic oxidation sites excluding steroid dienone is 6. The van der Waals surface area contributed by atoms with Gasteiger partial charge in [-0.15, -0.1) is 0 Å². The quantitative estimate of drug-likeness (QED) is 0.156. The van der Waals surface area contributed by atoms with Crippen LogP contribution < -0.4 is 0 Å². The first-order valence-electron chi connectivity index (χ1n) is 24.2. The van der Waals surface area contributed by atoms with Crippen LogP contribution in [-0.4, -0.2) is 107 Å². The average molecular weight is 896 g/mol. The zero-order chi connectivity index (χ0) is 47.5. The molecule has 4 rings (SSSR count). The molecule has 3 aliphatic heterocycles. The normalized spacial score (nSPS) is 39.5. The summed E-state index contributed by atoms with van der Waals surface area (Å²) in [6.45, 7) is 17.1. The molecule has 1 saturated carbocycles. The van der Waals surface area contributed by atoms with Crippen LogP contribution in [0.25, 0.3) is 0 Å². The zero-order valence-electron chi connectivity index (χ0n) is 40.8. The molecule has 12 heteroatoms. The number of rotatable bonds is 5. The number of fused-ring (bicyclic) bond motifs is 3. The van der Waals surface area contributed by atoms with E-state index in [-0.39, 0.29) is 54.8 Å². The Morgan fingerprint density at radius 2 is 1.58 bits per heavy atom. The van der Waals surface area contributed by atoms with Gasteiger partial charge in [0.05, 0.1) is 24.4 Å². The molecule has 0 aromatic rings. The molecule has 1 unspecified atom stereocenters. The van der Waals surface area contributed by atoms with Crippen LogP contribution in [0.5, 0.6) is 0 Å². The number of hydrogen-bond donors (Lipinski definition) is 2. The summed E-state index contributed by atoms with van der Waals surface area (Å²) in [5.41, 5.74) is 1.42. The van der Waals surface area contributed by atoms with E-state index in [1.165, 1.54) is 4.90 Å². The summed E-state index contributed by atoms with van der Waals surface area (Å²) in [5.74, 6) is -7.21. The van der Waals surface area contributed by atoms with E-state index < -0.39 is 71.7 Å². The second-order valence-electron chi connectivity index (χ2n) is 20.1. The molecule has 2 saturated heterocycles. The first-order chi connectivity index (χ1) is 30.2. The average Bonchev–Trinajstić information content (AvgIpc) is 3.27. The lowest BCUT2D eigenvalue weighted by atomic mass is 9.75. The van der Waals surface area contributed by atoms with Crippen molar-refractivity contribution in [2.45, 2.75) is 182 Å². The maximum atomic E-state index is 14.4. The molecular weight excluding hydrogens is 815 g/mol. The number of methoxy groups -OCH3 is 2. The highest BCUT2D eigenvalue weighted by Gasteiger charge is 2.53. The highest BCUT2D eigenvalue weighted by molar-refractivity contribution is 6.39. The van der Waals surface area contributed by atoms with Crippen LogP contribution in [0.15, 0.2) is 47.6 Å². The molecule has 0 spiro atoms. The van der Waals surface area contributed by atoms with Gasteiger partial charge >= 0.3 is 5.97 Å². The van der Waals surface area contributed by atoms with E-state index in [2.05, 4.69) is 6.92 Å². The smallest absolute Gasteiger partial charge is 0.329 e. The molecule has 0 radical (unpaired) electrons. The lowest BCUT2D eigenvalue weighted by Crippen LogP contribution is -2.61. The van der Waals surface area contributed by atoms with Crippen LogP contribution in [0, 0.1) is 47.3 Å². The van der Waals surface area contributed by atoms with Gasteiger partial charge < -0.3 is 34.1 Å². The number of ketones is 3. The van der Waals surface area contributed by atoms with Crippen molar-refractivity contribution in [1.82, 2.24) is 4.90 Å². The Balaban J connectivity index is 1.68. The van der Waals surface area contributed by atoms with E-state index in [1.807, 2.05) is 58.1 Å². The molecule has 1 aliphatic carbocycles. The summed E-state index contributed by atoms with van der Waals surface area (Å²) in [4.78, 5) is 71.7. The topological polar surface area (TPSA) is 166 Å². The van der Waals surface area contributed by atoms with Crippen molar-refractivity contribution in [2.75, 3.05) is 20.8 Å². The number of aliphatic hydroxyl groups is 2. The van der Waals surface area contributed by atoms with Crippen LogP contribution in [0.2, 0.25) is 0 Å². The van der Waals surface area contributed by atoms with Crippen LogP contribution in [0.4, 0.5) is 0 Å². The summed E-state index contributed by atoms with van der Waals surface area (Å²) in [6.07, 6.45) is 15.5. The molecule has 3 fully saturated rings. The minimum Gasteiger partial charge on any atom is -0.460 e. The third-order valence-corrected chi connectivity index (χ3v) is 14.9. The third kappa shape index (κ3) is 13.9. The number of amides is 1. The van der Waals surface area contributed by atoms with Gasteiger partial charge in [0.25, 0.3) is 11.7 Å². The number of nitrogens with zero attached hydrogens (tertiary/aromatic N) is 1. The Morgan fingerprint density at radius 3 is 2.25 bits per heavy atom. The fourth-order valence-corrected chi connectivity index (χ4v) is 10.6. The van der Waals surface area contributed by atoms with Gasteiger partial charge in [-0.1, -0.05) is 84.9 Å². The Bertz CT molecular complexity index is 1730. The number of esters is 1. The molecule has 2 bridgehead atoms. The summed E-state index contributed by atoms with van der Waals surface area (Å²) >= 11 is 0. The van der Waals surface area contributed by atoms with Crippen molar-refractivity contribution in [2.24, 2.45) is 47.3 Å². The maximum Gasteiger partial charge on any atom is 0.329 e. The van der Waals surface area contributed by atoms with Crippen molar-refractivity contribution in [3.05, 3.63) is 47.6 Å². The highest BCUT2D eigenvalue weighted by atomic mass is 16.6. The standard InChI is InChI=1S/C52H81NO11/c1-31-17-13-12-14-18-32(2)45(62-11)29-41-22-20-38(8)52(60,64-41)49(57)50(58)53-24-16-15-19-42(53)51(59)63-46(35(5)28-40-21-23-44(61-10)34(4)27-40)30-43(54)33(3)26-37(7)48(56)39(9)47(55)36(6)25-31/h12-14,17-18,26,31,33-36,38-42,44-46,48,56,60H,15-16,19-25,27-30H2,1-11H3/b14-12?,17-13+,32-18?,37-26+/t31-,33-,34-,35-,36-,38-,39+,40-,41+,42?,44-,45+,46+,48-,52-/m1/s1. The molecule has 12 nitrogen and oxygen atoms in total. The van der Waals surface area contributed by atoms with Gasteiger partial charge in [-0.3, -0.25) is 19.2 Å². The summed E-state index contributed by atoms with van der Waals surface area (Å²) < 4.78 is 24.0. The second-order valence-corrected chi connectivity index (χ2v) is 20.1. The molecule has 360 valence electrons. The molecule has 1 amide bonds. The maximum absolute atomic E-state index is 14.4. The van der Waals surface area contributed by atoms with Crippen molar-refractivity contribution in [1.29, 1.82) is 0 Å². The van der Waals surface area contributed by atoms with Crippen molar-refractivity contribution in [3.8, 4) is 0 Å². The van der Waals surface area contributed by atoms with E-state index in [9.17, 15) is 34.2 Å². The van der Waals surface area contributed by atoms with Gasteiger partial charge in [-0.05, 0) is 113 Å². The van der Waals surface area contributed by atoms with E-state index in [4.69, 9.17) is 18.9 Å². The third-order valence-electron chi connectivity index (χ3n) is 14.9. The van der Waals surface area contributed by atoms with Crippen molar-refractivity contribution >= 4 is 29.2 Å². The Kier molecular flexibility index (Phi) is 20.4. The molecule has 64 heavy (non-hydrogen) atoms. The first kappa shape index (κ1) is 53.3.